The van der Waals surface area contributed by atoms with Crippen LogP contribution in [-0.2, 0) is 6.18 Å². The second-order valence-electron chi connectivity index (χ2n) is 4.20. The largest absolute Gasteiger partial charge is 0.435 e. The first-order chi connectivity index (χ1) is 9.95. The van der Waals surface area contributed by atoms with Crippen LogP contribution in [0.5, 0.6) is 0 Å². The molecule has 0 N–H and O–H groups in total. The number of thiophene rings is 1. The second kappa shape index (κ2) is 5.20. The molecule has 1 aromatic carbocycles. The number of alkyl halides is 3. The first-order valence-corrected chi connectivity index (χ1v) is 7.08. The molecule has 0 unspecified atom stereocenters. The van der Waals surface area contributed by atoms with Gasteiger partial charge in [-0.15, -0.1) is 11.3 Å². The summed E-state index contributed by atoms with van der Waals surface area (Å²) >= 11 is 7.40. The number of benzene rings is 1. The van der Waals surface area contributed by atoms with Gasteiger partial charge in [-0.25, -0.2) is 4.98 Å². The highest BCUT2D eigenvalue weighted by atomic mass is 35.5. The van der Waals surface area contributed by atoms with Crippen LogP contribution in [0.2, 0.25) is 5.02 Å². The van der Waals surface area contributed by atoms with E-state index in [1.54, 1.807) is 6.07 Å². The Morgan fingerprint density at radius 3 is 2.38 bits per heavy atom. The van der Waals surface area contributed by atoms with Crippen molar-refractivity contribution in [3.05, 3.63) is 52.5 Å². The lowest BCUT2D eigenvalue weighted by Crippen LogP contribution is -2.03. The SMILES string of the molecule is FC(F)(F)c1ccc(-c2ncc(-c3sccc3Cl)o2)cc1. The predicted octanol–water partition coefficient (Wildman–Crippen LogP) is 5.74. The Bertz CT molecular complexity index is 761. The molecule has 7 heteroatoms. The summed E-state index contributed by atoms with van der Waals surface area (Å²) in [4.78, 5) is 4.81. The Hall–Kier alpha value is -1.79. The van der Waals surface area contributed by atoms with Crippen LogP contribution in [0, 0.1) is 0 Å². The maximum atomic E-state index is 12.5. The van der Waals surface area contributed by atoms with Crippen LogP contribution in [0.1, 0.15) is 5.56 Å². The Kier molecular flexibility index (Phi) is 3.51. The van der Waals surface area contributed by atoms with E-state index in [2.05, 4.69) is 4.98 Å². The van der Waals surface area contributed by atoms with Gasteiger partial charge in [-0.3, -0.25) is 0 Å². The van der Waals surface area contributed by atoms with Crippen LogP contribution in [0.3, 0.4) is 0 Å². The van der Waals surface area contributed by atoms with E-state index in [0.29, 0.717) is 16.3 Å². The highest BCUT2D eigenvalue weighted by molar-refractivity contribution is 7.14. The van der Waals surface area contributed by atoms with E-state index < -0.39 is 11.7 Å². The zero-order chi connectivity index (χ0) is 15.0. The second-order valence-corrected chi connectivity index (χ2v) is 5.53. The van der Waals surface area contributed by atoms with Crippen molar-refractivity contribution in [3.8, 4) is 22.1 Å². The van der Waals surface area contributed by atoms with Crippen LogP contribution >= 0.6 is 22.9 Å². The fourth-order valence-electron chi connectivity index (χ4n) is 1.78. The number of hydrogen-bond acceptors (Lipinski definition) is 3. The lowest BCUT2D eigenvalue weighted by molar-refractivity contribution is -0.137. The quantitative estimate of drug-likeness (QED) is 0.599. The molecule has 2 aromatic heterocycles. The van der Waals surface area contributed by atoms with Gasteiger partial charge in [0.15, 0.2) is 5.76 Å². The minimum Gasteiger partial charge on any atom is -0.435 e. The monoisotopic (exact) mass is 329 g/mol. The van der Waals surface area contributed by atoms with E-state index in [9.17, 15) is 13.2 Å². The molecule has 2 heterocycles. The molecule has 108 valence electrons. The molecular formula is C14H7ClF3NOS. The molecular weight excluding hydrogens is 323 g/mol. The van der Waals surface area contributed by atoms with E-state index in [-0.39, 0.29) is 5.89 Å². The maximum Gasteiger partial charge on any atom is 0.416 e. The number of oxazole rings is 1. The van der Waals surface area contributed by atoms with Gasteiger partial charge < -0.3 is 4.42 Å². The third-order valence-electron chi connectivity index (χ3n) is 2.81. The van der Waals surface area contributed by atoms with Gasteiger partial charge in [0, 0.05) is 5.56 Å². The first kappa shape index (κ1) is 14.2. The molecule has 0 aliphatic carbocycles. The van der Waals surface area contributed by atoms with Crippen LogP contribution in [0.15, 0.2) is 46.3 Å². The van der Waals surface area contributed by atoms with Gasteiger partial charge in [0.25, 0.3) is 0 Å². The van der Waals surface area contributed by atoms with Crippen molar-refractivity contribution in [2.75, 3.05) is 0 Å². The minimum atomic E-state index is -4.36. The van der Waals surface area contributed by atoms with Crippen molar-refractivity contribution in [1.29, 1.82) is 0 Å². The molecule has 0 saturated carbocycles. The van der Waals surface area contributed by atoms with Crippen molar-refractivity contribution in [2.45, 2.75) is 6.18 Å². The average molecular weight is 330 g/mol. The van der Waals surface area contributed by atoms with Crippen molar-refractivity contribution < 1.29 is 17.6 Å². The number of aromatic nitrogens is 1. The number of nitrogens with zero attached hydrogens (tertiary/aromatic N) is 1. The summed E-state index contributed by atoms with van der Waals surface area (Å²) in [5.74, 6) is 0.744. The van der Waals surface area contributed by atoms with E-state index in [0.717, 1.165) is 17.0 Å². The average Bonchev–Trinajstić information content (AvgIpc) is 3.06. The minimum absolute atomic E-state index is 0.253. The molecule has 21 heavy (non-hydrogen) atoms. The molecule has 0 spiro atoms. The third kappa shape index (κ3) is 2.82. The Balaban J connectivity index is 1.92. The molecule has 0 atom stereocenters. The molecule has 0 aliphatic heterocycles. The normalized spacial score (nSPS) is 11.8. The first-order valence-electron chi connectivity index (χ1n) is 5.82. The molecule has 0 saturated heterocycles. The molecule has 3 aromatic rings. The lowest BCUT2D eigenvalue weighted by atomic mass is 10.1. The summed E-state index contributed by atoms with van der Waals surface area (Å²) in [7, 11) is 0. The maximum absolute atomic E-state index is 12.5. The van der Waals surface area contributed by atoms with Crippen LogP contribution in [0.25, 0.3) is 22.1 Å². The van der Waals surface area contributed by atoms with Crippen molar-refractivity contribution in [3.63, 3.8) is 0 Å². The summed E-state index contributed by atoms with van der Waals surface area (Å²) < 4.78 is 43.1. The third-order valence-corrected chi connectivity index (χ3v) is 4.16. The summed E-state index contributed by atoms with van der Waals surface area (Å²) in [5.41, 5.74) is -0.235. The Labute approximate surface area is 126 Å². The number of hydrogen-bond donors (Lipinski definition) is 0. The van der Waals surface area contributed by atoms with Gasteiger partial charge in [0.2, 0.25) is 5.89 Å². The Morgan fingerprint density at radius 2 is 1.81 bits per heavy atom. The van der Waals surface area contributed by atoms with Gasteiger partial charge >= 0.3 is 6.18 Å². The standard InChI is InChI=1S/C14H7ClF3NOS/c15-10-5-6-21-12(10)11-7-19-13(20-11)8-1-3-9(4-2-8)14(16,17)18/h1-7H. The van der Waals surface area contributed by atoms with Crippen molar-refractivity contribution in [1.82, 2.24) is 4.98 Å². The van der Waals surface area contributed by atoms with Gasteiger partial charge in [-0.2, -0.15) is 13.2 Å². The van der Waals surface area contributed by atoms with Crippen molar-refractivity contribution >= 4 is 22.9 Å². The van der Waals surface area contributed by atoms with E-state index in [1.807, 2.05) is 5.38 Å². The molecule has 0 aliphatic rings. The zero-order valence-electron chi connectivity index (χ0n) is 10.3. The van der Waals surface area contributed by atoms with E-state index in [1.165, 1.54) is 29.7 Å². The fraction of sp³-hybridized carbons (Fsp3) is 0.0714. The predicted molar refractivity (Wildman–Crippen MR) is 75.3 cm³/mol. The molecule has 0 radical (unpaired) electrons. The van der Waals surface area contributed by atoms with Crippen LogP contribution in [0.4, 0.5) is 13.2 Å². The summed E-state index contributed by atoms with van der Waals surface area (Å²) in [6.45, 7) is 0. The van der Waals surface area contributed by atoms with Gasteiger partial charge in [0.05, 0.1) is 21.7 Å². The fourth-order valence-corrected chi connectivity index (χ4v) is 2.88. The number of halogens is 4. The topological polar surface area (TPSA) is 26.0 Å². The summed E-state index contributed by atoms with van der Waals surface area (Å²) in [6.07, 6.45) is -2.85. The van der Waals surface area contributed by atoms with E-state index >= 15 is 0 Å². The molecule has 0 bridgehead atoms. The lowest BCUT2D eigenvalue weighted by Gasteiger charge is -2.06. The molecule has 0 amide bonds. The van der Waals surface area contributed by atoms with Crippen LogP contribution < -0.4 is 0 Å². The molecule has 3 rings (SSSR count). The van der Waals surface area contributed by atoms with E-state index in [4.69, 9.17) is 16.0 Å². The highest BCUT2D eigenvalue weighted by Crippen LogP contribution is 2.36. The highest BCUT2D eigenvalue weighted by Gasteiger charge is 2.30. The van der Waals surface area contributed by atoms with Gasteiger partial charge in [-0.05, 0) is 35.7 Å². The Morgan fingerprint density at radius 1 is 1.10 bits per heavy atom. The summed E-state index contributed by atoms with van der Waals surface area (Å²) in [6, 6.07) is 6.39. The molecule has 0 fully saturated rings. The van der Waals surface area contributed by atoms with Gasteiger partial charge in [0.1, 0.15) is 0 Å². The smallest absolute Gasteiger partial charge is 0.416 e. The zero-order valence-corrected chi connectivity index (χ0v) is 11.9. The molecule has 2 nitrogen and oxygen atoms in total. The van der Waals surface area contributed by atoms with Crippen molar-refractivity contribution in [2.24, 2.45) is 0 Å². The summed E-state index contributed by atoms with van der Waals surface area (Å²) in [5, 5.41) is 2.37. The number of rotatable bonds is 2. The van der Waals surface area contributed by atoms with Crippen LogP contribution in [-0.4, -0.2) is 4.98 Å². The van der Waals surface area contributed by atoms with Gasteiger partial charge in [-0.1, -0.05) is 11.6 Å².